The Kier molecular flexibility index (Phi) is 7.14. The molecule has 0 spiro atoms. The maximum atomic E-state index is 12.2. The van der Waals surface area contributed by atoms with Gasteiger partial charge in [-0.1, -0.05) is 66.4 Å². The van der Waals surface area contributed by atoms with Gasteiger partial charge in [0.1, 0.15) is 6.10 Å². The van der Waals surface area contributed by atoms with Gasteiger partial charge in [-0.2, -0.15) is 0 Å². The fraction of sp³-hybridized carbons (Fsp3) is 0.900. The highest BCUT2D eigenvalue weighted by Crippen LogP contribution is 2.66. The van der Waals surface area contributed by atoms with Crippen LogP contribution in [0.2, 0.25) is 0 Å². The molecule has 0 aromatic heterocycles. The number of aliphatic hydroxyl groups is 1. The van der Waals surface area contributed by atoms with Crippen LogP contribution in [0.5, 0.6) is 0 Å². The van der Waals surface area contributed by atoms with E-state index in [0.717, 1.165) is 37.0 Å². The molecule has 1 unspecified atom stereocenters. The van der Waals surface area contributed by atoms with Gasteiger partial charge >= 0.3 is 5.97 Å². The summed E-state index contributed by atoms with van der Waals surface area (Å²) in [7, 11) is 0. The Balaban J connectivity index is 1.67. The van der Waals surface area contributed by atoms with E-state index in [2.05, 4.69) is 41.5 Å². The van der Waals surface area contributed by atoms with E-state index in [1.807, 2.05) is 0 Å². The normalized spacial score (nSPS) is 43.7. The van der Waals surface area contributed by atoms with Gasteiger partial charge in [0.05, 0.1) is 6.10 Å². The van der Waals surface area contributed by atoms with E-state index in [-0.39, 0.29) is 34.9 Å². The smallest absolute Gasteiger partial charge is 0.303 e. The topological polar surface area (TPSA) is 46.5 Å². The second kappa shape index (κ2) is 9.32. The van der Waals surface area contributed by atoms with E-state index in [4.69, 9.17) is 4.74 Å². The number of esters is 1. The number of hydrogen-bond acceptors (Lipinski definition) is 3. The van der Waals surface area contributed by atoms with Crippen molar-refractivity contribution in [1.82, 2.24) is 0 Å². The van der Waals surface area contributed by atoms with E-state index in [9.17, 15) is 9.90 Å². The second-order valence-electron chi connectivity index (χ2n) is 13.3. The van der Waals surface area contributed by atoms with Crippen molar-refractivity contribution < 1.29 is 14.6 Å². The summed E-state index contributed by atoms with van der Waals surface area (Å²) in [5.74, 6) is 3.37. The molecule has 0 aromatic rings. The Bertz CT molecular complexity index is 769. The molecule has 0 amide bonds. The molecule has 4 aliphatic carbocycles. The lowest BCUT2D eigenvalue weighted by atomic mass is 9.46. The van der Waals surface area contributed by atoms with Crippen molar-refractivity contribution in [3.05, 3.63) is 11.1 Å². The van der Waals surface area contributed by atoms with Crippen molar-refractivity contribution in [2.75, 3.05) is 0 Å². The minimum atomic E-state index is -0.216. The van der Waals surface area contributed by atoms with Crippen molar-refractivity contribution >= 4 is 5.97 Å². The summed E-state index contributed by atoms with van der Waals surface area (Å²) in [5, 5.41) is 10.7. The molecule has 3 saturated carbocycles. The molecule has 1 N–H and O–H groups in total. The molecule has 0 aliphatic heterocycles. The third-order valence-corrected chi connectivity index (χ3v) is 11.0. The molecule has 0 aromatic carbocycles. The summed E-state index contributed by atoms with van der Waals surface area (Å²) >= 11 is 0. The van der Waals surface area contributed by atoms with Gasteiger partial charge in [0, 0.05) is 6.92 Å². The van der Waals surface area contributed by atoms with E-state index in [1.54, 1.807) is 12.5 Å². The van der Waals surface area contributed by atoms with E-state index >= 15 is 0 Å². The zero-order valence-corrected chi connectivity index (χ0v) is 22.5. The van der Waals surface area contributed by atoms with Crippen LogP contribution in [-0.2, 0) is 9.53 Å². The number of aliphatic hydroxyl groups excluding tert-OH is 1. The Morgan fingerprint density at radius 3 is 2.52 bits per heavy atom. The fourth-order valence-corrected chi connectivity index (χ4v) is 9.18. The molecule has 4 rings (SSSR count). The van der Waals surface area contributed by atoms with Gasteiger partial charge < -0.3 is 9.84 Å². The average Bonchev–Trinajstić information content (AvgIpc) is 3.09. The molecule has 188 valence electrons. The number of allylic oxidation sites excluding steroid dienone is 1. The molecule has 33 heavy (non-hydrogen) atoms. The monoisotopic (exact) mass is 458 g/mol. The third kappa shape index (κ3) is 4.34. The first-order valence-electron chi connectivity index (χ1n) is 14.1. The number of carbonyl (C=O) groups is 1. The molecular formula is C30H50O3. The Morgan fingerprint density at radius 2 is 1.85 bits per heavy atom. The van der Waals surface area contributed by atoms with Crippen LogP contribution < -0.4 is 0 Å². The van der Waals surface area contributed by atoms with Gasteiger partial charge in [0.15, 0.2) is 0 Å². The Labute approximate surface area is 203 Å². The minimum Gasteiger partial charge on any atom is -0.458 e. The highest BCUT2D eigenvalue weighted by Gasteiger charge is 2.59. The predicted molar refractivity (Wildman–Crippen MR) is 135 cm³/mol. The Morgan fingerprint density at radius 1 is 1.12 bits per heavy atom. The van der Waals surface area contributed by atoms with Gasteiger partial charge in [-0.15, -0.1) is 0 Å². The van der Waals surface area contributed by atoms with Gasteiger partial charge in [0.25, 0.3) is 0 Å². The van der Waals surface area contributed by atoms with Crippen molar-refractivity contribution in [3.8, 4) is 0 Å². The zero-order valence-electron chi connectivity index (χ0n) is 22.5. The molecule has 0 saturated heterocycles. The molecular weight excluding hydrogens is 408 g/mol. The largest absolute Gasteiger partial charge is 0.458 e. The quantitative estimate of drug-likeness (QED) is 0.335. The van der Waals surface area contributed by atoms with E-state index < -0.39 is 0 Å². The van der Waals surface area contributed by atoms with Gasteiger partial charge in [0.2, 0.25) is 0 Å². The molecule has 0 bridgehead atoms. The van der Waals surface area contributed by atoms with Gasteiger partial charge in [-0.25, -0.2) is 0 Å². The van der Waals surface area contributed by atoms with Crippen LogP contribution in [0.25, 0.3) is 0 Å². The zero-order chi connectivity index (χ0) is 24.1. The summed E-state index contributed by atoms with van der Waals surface area (Å²) in [4.78, 5) is 12.2. The first-order chi connectivity index (χ1) is 15.5. The first kappa shape index (κ1) is 25.3. The molecule has 3 heteroatoms. The molecule has 0 radical (unpaired) electrons. The lowest BCUT2D eigenvalue weighted by Gasteiger charge is -2.60. The third-order valence-electron chi connectivity index (χ3n) is 11.0. The summed E-state index contributed by atoms with van der Waals surface area (Å²) in [5.41, 5.74) is 3.69. The summed E-state index contributed by atoms with van der Waals surface area (Å²) < 4.78 is 6.10. The van der Waals surface area contributed by atoms with Crippen LogP contribution >= 0.6 is 0 Å². The van der Waals surface area contributed by atoms with Crippen LogP contribution in [0.4, 0.5) is 0 Å². The molecule has 3 nitrogen and oxygen atoms in total. The van der Waals surface area contributed by atoms with Crippen LogP contribution in [-0.4, -0.2) is 23.3 Å². The standard InChI is InChI=1S/C30H50O3/c1-18(2)9-8-10-19(3)22-11-12-23-28-24(13-15-29(22,23)6)30(7)16-14-26(32)20(4)25(30)17-27(28)33-21(5)31/h18-20,22,24-27,32H,8-17H2,1-7H3/t19-,20+,22-,24+,25?,26+,27-,29-,30-/m1/s1. The van der Waals surface area contributed by atoms with Gasteiger partial charge in [-0.05, 0) is 96.9 Å². The number of hydrogen-bond donors (Lipinski definition) is 1. The SMILES string of the molecule is CC(=O)O[C@@H]1CC2[C@H](C)[C@@H](O)CC[C@]2(C)[C@H]2CC[C@@]3(C)C(=C12)CC[C@@H]3[C@H](C)CCCC(C)C. The predicted octanol–water partition coefficient (Wildman–Crippen LogP) is 7.32. The molecule has 9 atom stereocenters. The average molecular weight is 459 g/mol. The number of rotatable bonds is 6. The van der Waals surface area contributed by atoms with Crippen molar-refractivity contribution in [1.29, 1.82) is 0 Å². The molecule has 0 heterocycles. The number of fused-ring (bicyclic) bond motifs is 4. The highest BCUT2D eigenvalue weighted by atomic mass is 16.5. The number of carbonyl (C=O) groups excluding carboxylic acids is 1. The lowest BCUT2D eigenvalue weighted by Crippen LogP contribution is -2.55. The van der Waals surface area contributed by atoms with Crippen LogP contribution in [0.1, 0.15) is 113 Å². The molecule has 4 aliphatic rings. The highest BCUT2D eigenvalue weighted by molar-refractivity contribution is 5.66. The first-order valence-corrected chi connectivity index (χ1v) is 14.1. The van der Waals surface area contributed by atoms with Crippen LogP contribution in [0.3, 0.4) is 0 Å². The fourth-order valence-electron chi connectivity index (χ4n) is 9.18. The van der Waals surface area contributed by atoms with E-state index in [1.165, 1.54) is 50.5 Å². The summed E-state index contributed by atoms with van der Waals surface area (Å²) in [6, 6.07) is 0. The van der Waals surface area contributed by atoms with Crippen molar-refractivity contribution in [2.45, 2.75) is 125 Å². The maximum absolute atomic E-state index is 12.2. The summed E-state index contributed by atoms with van der Waals surface area (Å²) in [6.07, 6.45) is 11.6. The van der Waals surface area contributed by atoms with Crippen LogP contribution in [0.15, 0.2) is 11.1 Å². The van der Waals surface area contributed by atoms with Crippen LogP contribution in [0, 0.1) is 46.3 Å². The summed E-state index contributed by atoms with van der Waals surface area (Å²) in [6.45, 7) is 16.0. The second-order valence-corrected chi connectivity index (χ2v) is 13.3. The van der Waals surface area contributed by atoms with E-state index in [0.29, 0.717) is 11.8 Å². The van der Waals surface area contributed by atoms with Gasteiger partial charge in [-0.3, -0.25) is 4.79 Å². The lowest BCUT2D eigenvalue weighted by molar-refractivity contribution is -0.154. The Hall–Kier alpha value is -0.830. The van der Waals surface area contributed by atoms with Crippen molar-refractivity contribution in [2.24, 2.45) is 46.3 Å². The minimum absolute atomic E-state index is 0.0806. The number of ether oxygens (including phenoxy) is 1. The molecule has 3 fully saturated rings. The maximum Gasteiger partial charge on any atom is 0.303 e. The van der Waals surface area contributed by atoms with Crippen molar-refractivity contribution in [3.63, 3.8) is 0 Å².